The third-order valence-corrected chi connectivity index (χ3v) is 3.78. The zero-order valence-electron chi connectivity index (χ0n) is 15.3. The number of ether oxygens (including phenoxy) is 2. The summed E-state index contributed by atoms with van der Waals surface area (Å²) in [6.45, 7) is 3.08. The van der Waals surface area contributed by atoms with E-state index in [4.69, 9.17) is 4.74 Å². The van der Waals surface area contributed by atoms with Crippen LogP contribution in [0.1, 0.15) is 28.4 Å². The fourth-order valence-electron chi connectivity index (χ4n) is 2.35. The monoisotopic (exact) mass is 353 g/mol. The molecule has 5 heteroatoms. The van der Waals surface area contributed by atoms with Crippen molar-refractivity contribution in [1.82, 2.24) is 4.90 Å². The lowest BCUT2D eigenvalue weighted by Crippen LogP contribution is -2.24. The van der Waals surface area contributed by atoms with E-state index in [0.717, 1.165) is 16.9 Å². The van der Waals surface area contributed by atoms with E-state index >= 15 is 0 Å². The predicted octanol–water partition coefficient (Wildman–Crippen LogP) is 3.54. The largest absolute Gasteiger partial charge is 0.494 e. The van der Waals surface area contributed by atoms with Crippen molar-refractivity contribution in [3.8, 4) is 5.75 Å². The molecule has 2 aromatic carbocycles. The number of esters is 1. The molecule has 0 saturated carbocycles. The van der Waals surface area contributed by atoms with Crippen LogP contribution in [0.15, 0.2) is 54.6 Å². The Kier molecular flexibility index (Phi) is 6.97. The van der Waals surface area contributed by atoms with Crippen molar-refractivity contribution < 1.29 is 19.1 Å². The molecule has 0 unspecified atom stereocenters. The molecule has 2 aromatic rings. The maximum Gasteiger partial charge on any atom is 0.337 e. The van der Waals surface area contributed by atoms with Crippen molar-refractivity contribution >= 4 is 18.0 Å². The van der Waals surface area contributed by atoms with Gasteiger partial charge < -0.3 is 14.4 Å². The third kappa shape index (κ3) is 5.48. The summed E-state index contributed by atoms with van der Waals surface area (Å²) in [5.41, 5.74) is 2.34. The first kappa shape index (κ1) is 19.2. The van der Waals surface area contributed by atoms with E-state index < -0.39 is 0 Å². The van der Waals surface area contributed by atoms with Gasteiger partial charge in [0.1, 0.15) is 5.75 Å². The van der Waals surface area contributed by atoms with Gasteiger partial charge in [0.2, 0.25) is 5.91 Å². The van der Waals surface area contributed by atoms with E-state index in [2.05, 4.69) is 4.74 Å². The molecule has 0 aliphatic carbocycles. The molecule has 5 nitrogen and oxygen atoms in total. The van der Waals surface area contributed by atoms with E-state index in [1.165, 1.54) is 13.2 Å². The molecule has 0 aliphatic rings. The molecular formula is C21H23NO4. The first-order valence-corrected chi connectivity index (χ1v) is 8.36. The van der Waals surface area contributed by atoms with Gasteiger partial charge >= 0.3 is 5.97 Å². The van der Waals surface area contributed by atoms with Crippen LogP contribution in [0.2, 0.25) is 0 Å². The van der Waals surface area contributed by atoms with Gasteiger partial charge in [-0.05, 0) is 48.4 Å². The van der Waals surface area contributed by atoms with Gasteiger partial charge in [-0.3, -0.25) is 4.79 Å². The number of carbonyl (C=O) groups excluding carboxylic acids is 2. The fourth-order valence-corrected chi connectivity index (χ4v) is 2.35. The number of benzene rings is 2. The first-order valence-electron chi connectivity index (χ1n) is 8.36. The highest BCUT2D eigenvalue weighted by Crippen LogP contribution is 2.14. The number of likely N-dealkylation sites (N-methyl/N-ethyl adjacent to an activating group) is 1. The number of hydrogen-bond acceptors (Lipinski definition) is 4. The molecule has 0 fully saturated rings. The van der Waals surface area contributed by atoms with Gasteiger partial charge in [0.15, 0.2) is 0 Å². The van der Waals surface area contributed by atoms with Crippen LogP contribution in [-0.2, 0) is 16.1 Å². The maximum absolute atomic E-state index is 12.3. The summed E-state index contributed by atoms with van der Waals surface area (Å²) in [6.07, 6.45) is 3.24. The minimum absolute atomic E-state index is 0.101. The third-order valence-electron chi connectivity index (χ3n) is 3.78. The van der Waals surface area contributed by atoms with E-state index in [-0.39, 0.29) is 11.9 Å². The lowest BCUT2D eigenvalue weighted by Gasteiger charge is -2.15. The molecule has 2 rings (SSSR count). The Labute approximate surface area is 153 Å². The van der Waals surface area contributed by atoms with Gasteiger partial charge in [-0.2, -0.15) is 0 Å². The predicted molar refractivity (Wildman–Crippen MR) is 101 cm³/mol. The normalized spacial score (nSPS) is 10.6. The molecule has 0 N–H and O–H groups in total. The second kappa shape index (κ2) is 9.42. The summed E-state index contributed by atoms with van der Waals surface area (Å²) in [6, 6.07) is 14.6. The Morgan fingerprint density at radius 2 is 1.69 bits per heavy atom. The van der Waals surface area contributed by atoms with Crippen LogP contribution in [0, 0.1) is 0 Å². The van der Waals surface area contributed by atoms with Crippen molar-refractivity contribution in [1.29, 1.82) is 0 Å². The van der Waals surface area contributed by atoms with Crippen LogP contribution >= 0.6 is 0 Å². The number of hydrogen-bond donors (Lipinski definition) is 0. The van der Waals surface area contributed by atoms with Crippen molar-refractivity contribution in [3.05, 3.63) is 71.3 Å². The summed E-state index contributed by atoms with van der Waals surface area (Å²) in [5.74, 6) is 0.336. The minimum Gasteiger partial charge on any atom is -0.494 e. The SMILES string of the molecule is CCOc1ccc(CN(C)C(=O)/C=C/c2ccc(C(=O)OC)cc2)cc1. The van der Waals surface area contributed by atoms with Gasteiger partial charge in [0, 0.05) is 19.7 Å². The van der Waals surface area contributed by atoms with Gasteiger partial charge in [-0.25, -0.2) is 4.79 Å². The molecule has 1 amide bonds. The van der Waals surface area contributed by atoms with Crippen LogP contribution < -0.4 is 4.74 Å². The summed E-state index contributed by atoms with van der Waals surface area (Å²) in [4.78, 5) is 25.3. The van der Waals surface area contributed by atoms with Crippen LogP contribution in [0.5, 0.6) is 5.75 Å². The molecule has 0 spiro atoms. The standard InChI is InChI=1S/C21H23NO4/c1-4-26-19-12-7-17(8-13-19)15-22(2)20(23)14-9-16-5-10-18(11-6-16)21(24)25-3/h5-14H,4,15H2,1-3H3/b14-9+. The highest BCUT2D eigenvalue weighted by atomic mass is 16.5. The van der Waals surface area contributed by atoms with Crippen molar-refractivity contribution in [2.24, 2.45) is 0 Å². The van der Waals surface area contributed by atoms with Crippen LogP contribution in [0.25, 0.3) is 6.08 Å². The lowest BCUT2D eigenvalue weighted by atomic mass is 10.1. The van der Waals surface area contributed by atoms with Gasteiger partial charge in [-0.1, -0.05) is 24.3 Å². The zero-order valence-corrected chi connectivity index (χ0v) is 15.3. The summed E-state index contributed by atoms with van der Waals surface area (Å²) in [7, 11) is 3.10. The summed E-state index contributed by atoms with van der Waals surface area (Å²) < 4.78 is 10.1. The molecule has 136 valence electrons. The second-order valence-electron chi connectivity index (χ2n) is 5.72. The van der Waals surface area contributed by atoms with Gasteiger partial charge in [-0.15, -0.1) is 0 Å². The Balaban J connectivity index is 1.93. The smallest absolute Gasteiger partial charge is 0.337 e. The van der Waals surface area contributed by atoms with Crippen molar-refractivity contribution in [2.45, 2.75) is 13.5 Å². The molecule has 0 bridgehead atoms. The molecule has 0 atom stereocenters. The number of rotatable bonds is 7. The zero-order chi connectivity index (χ0) is 18.9. The first-order chi connectivity index (χ1) is 12.5. The molecule has 0 saturated heterocycles. The fraction of sp³-hybridized carbons (Fsp3) is 0.238. The molecule has 0 aromatic heterocycles. The maximum atomic E-state index is 12.3. The van der Waals surface area contributed by atoms with E-state index in [1.54, 1.807) is 42.3 Å². The number of carbonyl (C=O) groups is 2. The van der Waals surface area contributed by atoms with Crippen LogP contribution in [0.4, 0.5) is 0 Å². The molecule has 26 heavy (non-hydrogen) atoms. The molecule has 0 radical (unpaired) electrons. The van der Waals surface area contributed by atoms with Gasteiger partial charge in [0.25, 0.3) is 0 Å². The highest BCUT2D eigenvalue weighted by Gasteiger charge is 2.07. The Morgan fingerprint density at radius 3 is 2.27 bits per heavy atom. The van der Waals surface area contributed by atoms with E-state index in [0.29, 0.717) is 18.7 Å². The highest BCUT2D eigenvalue weighted by molar-refractivity contribution is 5.92. The average molecular weight is 353 g/mol. The van der Waals surface area contributed by atoms with Crippen molar-refractivity contribution in [3.63, 3.8) is 0 Å². The Morgan fingerprint density at radius 1 is 1.04 bits per heavy atom. The average Bonchev–Trinajstić information content (AvgIpc) is 2.67. The Bertz CT molecular complexity index is 764. The van der Waals surface area contributed by atoms with Crippen molar-refractivity contribution in [2.75, 3.05) is 20.8 Å². The van der Waals surface area contributed by atoms with Gasteiger partial charge in [0.05, 0.1) is 19.3 Å². The topological polar surface area (TPSA) is 55.8 Å². The van der Waals surface area contributed by atoms with Crippen LogP contribution in [0.3, 0.4) is 0 Å². The molecular weight excluding hydrogens is 330 g/mol. The summed E-state index contributed by atoms with van der Waals surface area (Å²) >= 11 is 0. The molecule has 0 aliphatic heterocycles. The lowest BCUT2D eigenvalue weighted by molar-refractivity contribution is -0.125. The van der Waals surface area contributed by atoms with E-state index in [9.17, 15) is 9.59 Å². The van der Waals surface area contributed by atoms with Crippen LogP contribution in [-0.4, -0.2) is 37.5 Å². The Hall–Kier alpha value is -3.08. The summed E-state index contributed by atoms with van der Waals surface area (Å²) in [5, 5.41) is 0. The second-order valence-corrected chi connectivity index (χ2v) is 5.72. The quantitative estimate of drug-likeness (QED) is 0.564. The number of amides is 1. The molecule has 0 heterocycles. The van der Waals surface area contributed by atoms with E-state index in [1.807, 2.05) is 31.2 Å². The minimum atomic E-state index is -0.383. The number of nitrogens with zero attached hydrogens (tertiary/aromatic N) is 1. The number of methoxy groups -OCH3 is 1.